The van der Waals surface area contributed by atoms with E-state index in [-0.39, 0.29) is 5.91 Å². The molecule has 0 saturated carbocycles. The standard InChI is InChI=1S/C20H21N3OS2/c1-2-13-7-9-14(10-8-13)23-17(24)11-25-19-18-15-5-3-4-6-16(15)26-20(18)22-12-21-19/h7-10,12H,2-6,11H2,1H3,(H,23,24). The van der Waals surface area contributed by atoms with Gasteiger partial charge in [0.05, 0.1) is 5.75 Å². The van der Waals surface area contributed by atoms with Crippen LogP contribution in [0.2, 0.25) is 0 Å². The largest absolute Gasteiger partial charge is 0.325 e. The third-order valence-corrected chi connectivity index (χ3v) is 6.89. The summed E-state index contributed by atoms with van der Waals surface area (Å²) in [6.07, 6.45) is 7.36. The Morgan fingerprint density at radius 2 is 2.00 bits per heavy atom. The summed E-state index contributed by atoms with van der Waals surface area (Å²) in [6, 6.07) is 8.02. The molecule has 1 aliphatic rings. The first-order chi connectivity index (χ1) is 12.7. The molecule has 1 aromatic carbocycles. The first kappa shape index (κ1) is 17.5. The number of carbonyl (C=O) groups is 1. The molecule has 4 rings (SSSR count). The number of thiophene rings is 1. The number of amides is 1. The summed E-state index contributed by atoms with van der Waals surface area (Å²) >= 11 is 3.30. The molecule has 134 valence electrons. The average Bonchev–Trinajstić information content (AvgIpc) is 3.06. The minimum atomic E-state index is -0.00453. The molecule has 0 spiro atoms. The van der Waals surface area contributed by atoms with Gasteiger partial charge in [-0.1, -0.05) is 30.8 Å². The number of aryl methyl sites for hydroxylation is 3. The van der Waals surface area contributed by atoms with E-state index in [1.165, 1.54) is 46.0 Å². The van der Waals surface area contributed by atoms with Crippen LogP contribution in [0.1, 0.15) is 35.8 Å². The molecule has 1 amide bonds. The lowest BCUT2D eigenvalue weighted by molar-refractivity contribution is -0.113. The number of carbonyl (C=O) groups excluding carboxylic acids is 1. The second kappa shape index (κ2) is 7.76. The predicted molar refractivity (Wildman–Crippen MR) is 109 cm³/mol. The Morgan fingerprint density at radius 1 is 1.19 bits per heavy atom. The van der Waals surface area contributed by atoms with Crippen molar-refractivity contribution < 1.29 is 4.79 Å². The highest BCUT2D eigenvalue weighted by molar-refractivity contribution is 8.00. The van der Waals surface area contributed by atoms with E-state index in [4.69, 9.17) is 0 Å². The van der Waals surface area contributed by atoms with Crippen molar-refractivity contribution in [2.24, 2.45) is 0 Å². The molecule has 0 unspecified atom stereocenters. The predicted octanol–water partition coefficient (Wildman–Crippen LogP) is 4.86. The maximum absolute atomic E-state index is 12.3. The van der Waals surface area contributed by atoms with Crippen LogP contribution in [0.5, 0.6) is 0 Å². The second-order valence-electron chi connectivity index (χ2n) is 6.46. The van der Waals surface area contributed by atoms with Gasteiger partial charge in [-0.3, -0.25) is 4.79 Å². The average molecular weight is 384 g/mol. The minimum Gasteiger partial charge on any atom is -0.325 e. The number of hydrogen-bond acceptors (Lipinski definition) is 5. The molecule has 26 heavy (non-hydrogen) atoms. The van der Waals surface area contributed by atoms with E-state index >= 15 is 0 Å². The van der Waals surface area contributed by atoms with Crippen molar-refractivity contribution in [3.8, 4) is 0 Å². The van der Waals surface area contributed by atoms with Gasteiger partial charge >= 0.3 is 0 Å². The van der Waals surface area contributed by atoms with E-state index < -0.39 is 0 Å². The van der Waals surface area contributed by atoms with Gasteiger partial charge in [0.15, 0.2) is 0 Å². The lowest BCUT2D eigenvalue weighted by Gasteiger charge is -2.11. The van der Waals surface area contributed by atoms with Crippen molar-refractivity contribution in [3.63, 3.8) is 0 Å². The monoisotopic (exact) mass is 383 g/mol. The van der Waals surface area contributed by atoms with E-state index in [0.29, 0.717) is 5.75 Å². The van der Waals surface area contributed by atoms with Crippen molar-refractivity contribution >= 4 is 44.9 Å². The Balaban J connectivity index is 1.47. The molecule has 0 bridgehead atoms. The summed E-state index contributed by atoms with van der Waals surface area (Å²) in [7, 11) is 0. The highest BCUT2D eigenvalue weighted by Crippen LogP contribution is 2.39. The van der Waals surface area contributed by atoms with Crippen LogP contribution in [0.25, 0.3) is 10.2 Å². The zero-order chi connectivity index (χ0) is 17.9. The Morgan fingerprint density at radius 3 is 2.81 bits per heavy atom. The van der Waals surface area contributed by atoms with Crippen molar-refractivity contribution in [2.45, 2.75) is 44.1 Å². The number of nitrogens with one attached hydrogen (secondary N) is 1. The van der Waals surface area contributed by atoms with E-state index in [9.17, 15) is 4.79 Å². The SMILES string of the molecule is CCc1ccc(NC(=O)CSc2ncnc3sc4c(c23)CCCC4)cc1. The third-order valence-electron chi connectivity index (χ3n) is 4.70. The summed E-state index contributed by atoms with van der Waals surface area (Å²) in [5.74, 6) is 0.349. The number of hydrogen-bond donors (Lipinski definition) is 1. The van der Waals surface area contributed by atoms with Crippen LogP contribution in [0.15, 0.2) is 35.6 Å². The maximum Gasteiger partial charge on any atom is 0.234 e. The zero-order valence-corrected chi connectivity index (χ0v) is 16.4. The molecule has 0 atom stereocenters. The van der Waals surface area contributed by atoms with Gasteiger partial charge in [-0.25, -0.2) is 9.97 Å². The van der Waals surface area contributed by atoms with E-state index in [2.05, 4.69) is 22.2 Å². The van der Waals surface area contributed by atoms with Crippen LogP contribution < -0.4 is 5.32 Å². The smallest absolute Gasteiger partial charge is 0.234 e. The molecule has 0 fully saturated rings. The summed E-state index contributed by atoms with van der Waals surface area (Å²) in [6.45, 7) is 2.12. The fraction of sp³-hybridized carbons (Fsp3) is 0.350. The van der Waals surface area contributed by atoms with Gasteiger partial charge in [0.1, 0.15) is 16.2 Å². The molecule has 1 aliphatic carbocycles. The third kappa shape index (κ3) is 3.62. The van der Waals surface area contributed by atoms with Crippen LogP contribution in [0.4, 0.5) is 5.69 Å². The Labute approximate surface area is 161 Å². The number of benzene rings is 1. The molecule has 1 N–H and O–H groups in total. The zero-order valence-electron chi connectivity index (χ0n) is 14.7. The fourth-order valence-corrected chi connectivity index (χ4v) is 5.44. The number of anilines is 1. The molecule has 2 aromatic heterocycles. The van der Waals surface area contributed by atoms with Crippen LogP contribution in [-0.2, 0) is 24.1 Å². The van der Waals surface area contributed by atoms with Crippen molar-refractivity contribution in [2.75, 3.05) is 11.1 Å². The Kier molecular flexibility index (Phi) is 5.22. The lowest BCUT2D eigenvalue weighted by Crippen LogP contribution is -2.14. The maximum atomic E-state index is 12.3. The highest BCUT2D eigenvalue weighted by atomic mass is 32.2. The minimum absolute atomic E-state index is 0.00453. The Bertz CT molecular complexity index is 934. The van der Waals surface area contributed by atoms with Gasteiger partial charge in [-0.05, 0) is 55.4 Å². The molecule has 3 aromatic rings. The topological polar surface area (TPSA) is 54.9 Å². The number of nitrogens with zero attached hydrogens (tertiary/aromatic N) is 2. The summed E-state index contributed by atoms with van der Waals surface area (Å²) in [5.41, 5.74) is 3.52. The van der Waals surface area contributed by atoms with E-state index in [0.717, 1.165) is 34.8 Å². The van der Waals surface area contributed by atoms with Crippen molar-refractivity contribution in [3.05, 3.63) is 46.6 Å². The number of rotatable bonds is 5. The molecule has 0 aliphatic heterocycles. The molecule has 4 nitrogen and oxygen atoms in total. The Hall–Kier alpha value is -1.92. The van der Waals surface area contributed by atoms with Crippen molar-refractivity contribution in [1.82, 2.24) is 9.97 Å². The van der Waals surface area contributed by atoms with Crippen molar-refractivity contribution in [1.29, 1.82) is 0 Å². The fourth-order valence-electron chi connectivity index (χ4n) is 3.33. The van der Waals surface area contributed by atoms with Crippen LogP contribution in [0.3, 0.4) is 0 Å². The van der Waals surface area contributed by atoms with Crippen LogP contribution in [-0.4, -0.2) is 21.6 Å². The molecule has 0 saturated heterocycles. The van der Waals surface area contributed by atoms with Gasteiger partial charge in [0, 0.05) is 16.0 Å². The summed E-state index contributed by atoms with van der Waals surface area (Å²) < 4.78 is 0. The highest BCUT2D eigenvalue weighted by Gasteiger charge is 2.20. The first-order valence-corrected chi connectivity index (χ1v) is 10.8. The van der Waals surface area contributed by atoms with E-state index in [1.54, 1.807) is 17.7 Å². The molecular weight excluding hydrogens is 362 g/mol. The molecule has 6 heteroatoms. The van der Waals surface area contributed by atoms with E-state index in [1.807, 2.05) is 24.3 Å². The van der Waals surface area contributed by atoms with Crippen LogP contribution in [0, 0.1) is 0 Å². The number of aromatic nitrogens is 2. The second-order valence-corrected chi connectivity index (χ2v) is 8.50. The number of fused-ring (bicyclic) bond motifs is 3. The molecule has 0 radical (unpaired) electrons. The van der Waals surface area contributed by atoms with Gasteiger partial charge in [0.25, 0.3) is 0 Å². The molecule has 2 heterocycles. The summed E-state index contributed by atoms with van der Waals surface area (Å²) in [4.78, 5) is 23.8. The normalized spacial score (nSPS) is 13.6. The number of thioether (sulfide) groups is 1. The molecular formula is C20H21N3OS2. The summed E-state index contributed by atoms with van der Waals surface area (Å²) in [5, 5.41) is 5.08. The quantitative estimate of drug-likeness (QED) is 0.505. The van der Waals surface area contributed by atoms with Gasteiger partial charge < -0.3 is 5.32 Å². The van der Waals surface area contributed by atoms with Gasteiger partial charge in [-0.2, -0.15) is 0 Å². The van der Waals surface area contributed by atoms with Crippen LogP contribution >= 0.6 is 23.1 Å². The lowest BCUT2D eigenvalue weighted by atomic mass is 9.97. The van der Waals surface area contributed by atoms with Gasteiger partial charge in [0.2, 0.25) is 5.91 Å². The van der Waals surface area contributed by atoms with Gasteiger partial charge in [-0.15, -0.1) is 11.3 Å². The first-order valence-electron chi connectivity index (χ1n) is 9.01.